The Morgan fingerprint density at radius 3 is 2.65 bits per heavy atom. The largest absolute Gasteiger partial charge is 0.438 e. The average molecular weight is 516 g/mol. The van der Waals surface area contributed by atoms with E-state index in [0.717, 1.165) is 11.1 Å². The summed E-state index contributed by atoms with van der Waals surface area (Å²) in [7, 11) is 0. The molecule has 37 heavy (non-hydrogen) atoms. The first-order chi connectivity index (χ1) is 17.6. The van der Waals surface area contributed by atoms with Gasteiger partial charge in [-0.25, -0.2) is 14.0 Å². The van der Waals surface area contributed by atoms with Crippen molar-refractivity contribution in [2.45, 2.75) is 44.6 Å². The van der Waals surface area contributed by atoms with E-state index in [1.807, 2.05) is 0 Å². The maximum atomic E-state index is 16.1. The molecule has 4 aliphatic rings. The highest BCUT2D eigenvalue weighted by Gasteiger charge is 2.63. The number of fused-ring (bicyclic) bond motifs is 5. The zero-order valence-electron chi connectivity index (χ0n) is 19.6. The van der Waals surface area contributed by atoms with Gasteiger partial charge in [0.15, 0.2) is 23.2 Å². The van der Waals surface area contributed by atoms with Crippen LogP contribution < -0.4 is 20.4 Å². The number of carbonyl (C=O) groups excluding carboxylic acids is 4. The molecule has 0 radical (unpaired) electrons. The summed E-state index contributed by atoms with van der Waals surface area (Å²) >= 11 is 0. The second-order valence-electron chi connectivity index (χ2n) is 9.51. The Morgan fingerprint density at radius 1 is 1.22 bits per heavy atom. The molecule has 5 amide bonds. The first kappa shape index (κ1) is 23.1. The topological polar surface area (TPSA) is 176 Å². The van der Waals surface area contributed by atoms with Crippen LogP contribution in [-0.2, 0) is 25.5 Å². The van der Waals surface area contributed by atoms with E-state index < -0.39 is 53.4 Å². The summed E-state index contributed by atoms with van der Waals surface area (Å²) in [6.07, 6.45) is -1.94. The number of nitrogens with one attached hydrogen (secondary N) is 2. The number of oxime groups is 1. The first-order valence-electron chi connectivity index (χ1n) is 11.5. The zero-order chi connectivity index (χ0) is 26.2. The van der Waals surface area contributed by atoms with Crippen LogP contribution in [-0.4, -0.2) is 78.0 Å². The minimum Gasteiger partial charge on any atom is -0.438 e. The summed E-state index contributed by atoms with van der Waals surface area (Å²) in [6.45, 7) is 3.56. The summed E-state index contributed by atoms with van der Waals surface area (Å²) < 4.78 is 32.5. The van der Waals surface area contributed by atoms with E-state index in [-0.39, 0.29) is 53.7 Å². The normalized spacial score (nSPS) is 28.9. The van der Waals surface area contributed by atoms with Gasteiger partial charge in [0.05, 0.1) is 42.1 Å². The number of anilines is 2. The van der Waals surface area contributed by atoms with Crippen molar-refractivity contribution in [1.29, 1.82) is 0 Å². The van der Waals surface area contributed by atoms with E-state index in [2.05, 4.69) is 20.9 Å². The smallest absolute Gasteiger partial charge is 0.416 e. The highest BCUT2D eigenvalue weighted by atomic mass is 19.1. The molecular weight excluding hydrogens is 495 g/mol. The summed E-state index contributed by atoms with van der Waals surface area (Å²) in [6, 6.07) is -0.349. The molecule has 3 saturated heterocycles. The van der Waals surface area contributed by atoms with Crippen LogP contribution in [0.3, 0.4) is 0 Å². The van der Waals surface area contributed by atoms with Gasteiger partial charge in [-0.1, -0.05) is 10.3 Å². The maximum absolute atomic E-state index is 16.1. The van der Waals surface area contributed by atoms with Crippen molar-refractivity contribution in [2.75, 3.05) is 22.9 Å². The molecule has 3 N–H and O–H groups in total. The molecule has 15 heteroatoms. The highest BCUT2D eigenvalue weighted by molar-refractivity contribution is 6.20. The molecule has 1 spiro atoms. The molecule has 1 aromatic heterocycles. The molecule has 0 bridgehead atoms. The second kappa shape index (κ2) is 7.86. The fourth-order valence-electron chi connectivity index (χ4n) is 5.94. The molecule has 2 aromatic rings. The number of rotatable bonds is 2. The van der Waals surface area contributed by atoms with Gasteiger partial charge in [-0.3, -0.25) is 25.1 Å². The van der Waals surface area contributed by atoms with E-state index in [1.54, 1.807) is 18.7 Å². The minimum atomic E-state index is -1.80. The summed E-state index contributed by atoms with van der Waals surface area (Å²) in [5.74, 6) is -2.44. The number of nitrogens with zero attached hydrogens (tertiary/aromatic N) is 4. The summed E-state index contributed by atoms with van der Waals surface area (Å²) in [5.41, 5.74) is -1.62. The lowest BCUT2D eigenvalue weighted by Gasteiger charge is -2.55. The third kappa shape index (κ3) is 3.13. The molecule has 4 atom stereocenters. The van der Waals surface area contributed by atoms with E-state index in [9.17, 15) is 19.2 Å². The van der Waals surface area contributed by atoms with Gasteiger partial charge < -0.3 is 24.1 Å². The quantitative estimate of drug-likeness (QED) is 0.222. The van der Waals surface area contributed by atoms with Crippen molar-refractivity contribution in [3.63, 3.8) is 0 Å². The Balaban J connectivity index is 1.53. The predicted octanol–water partition coefficient (Wildman–Crippen LogP) is 0.643. The van der Waals surface area contributed by atoms with Gasteiger partial charge in [0.1, 0.15) is 0 Å². The van der Waals surface area contributed by atoms with Crippen LogP contribution in [0.2, 0.25) is 0 Å². The van der Waals surface area contributed by atoms with E-state index in [1.165, 1.54) is 6.07 Å². The van der Waals surface area contributed by atoms with E-state index >= 15 is 4.39 Å². The van der Waals surface area contributed by atoms with Crippen molar-refractivity contribution >= 4 is 52.6 Å². The lowest BCUT2D eigenvalue weighted by molar-refractivity contribution is -0.153. The van der Waals surface area contributed by atoms with Crippen molar-refractivity contribution in [1.82, 2.24) is 15.8 Å². The Hall–Kier alpha value is -4.27. The van der Waals surface area contributed by atoms with Crippen LogP contribution in [0.25, 0.3) is 11.0 Å². The van der Waals surface area contributed by atoms with Crippen LogP contribution in [0, 0.1) is 11.2 Å². The lowest BCUT2D eigenvalue weighted by atomic mass is 9.66. The molecule has 0 unspecified atom stereocenters. The van der Waals surface area contributed by atoms with Crippen molar-refractivity contribution in [3.8, 4) is 0 Å². The van der Waals surface area contributed by atoms with Crippen LogP contribution in [0.15, 0.2) is 15.7 Å². The van der Waals surface area contributed by atoms with Crippen molar-refractivity contribution in [2.24, 2.45) is 10.6 Å². The molecule has 0 aliphatic carbocycles. The van der Waals surface area contributed by atoms with Crippen LogP contribution >= 0.6 is 0 Å². The summed E-state index contributed by atoms with van der Waals surface area (Å²) in [5, 5.41) is 20.0. The fraction of sp³-hybridized carbons (Fsp3) is 0.455. The zero-order valence-corrected chi connectivity index (χ0v) is 19.6. The number of amides is 5. The lowest BCUT2D eigenvalue weighted by Crippen LogP contribution is -2.75. The fourth-order valence-corrected chi connectivity index (χ4v) is 5.94. The van der Waals surface area contributed by atoms with Gasteiger partial charge in [-0.05, 0) is 25.5 Å². The monoisotopic (exact) mass is 516 g/mol. The number of cyclic esters (lactones) is 1. The molecule has 1 aromatic carbocycles. The van der Waals surface area contributed by atoms with Gasteiger partial charge >= 0.3 is 12.1 Å². The second-order valence-corrected chi connectivity index (χ2v) is 9.51. The molecule has 194 valence electrons. The van der Waals surface area contributed by atoms with Crippen molar-refractivity contribution < 1.29 is 42.8 Å². The molecule has 0 saturated carbocycles. The van der Waals surface area contributed by atoms with Crippen molar-refractivity contribution in [3.05, 3.63) is 17.4 Å². The van der Waals surface area contributed by atoms with Gasteiger partial charge in [0.2, 0.25) is 17.4 Å². The molecule has 14 nitrogen and oxygen atoms in total. The number of imide groups is 2. The number of urea groups is 1. The number of barbiturate groups is 1. The predicted molar refractivity (Wildman–Crippen MR) is 121 cm³/mol. The third-order valence-electron chi connectivity index (χ3n) is 7.27. The van der Waals surface area contributed by atoms with Crippen LogP contribution in [0.1, 0.15) is 19.4 Å². The van der Waals surface area contributed by atoms with Gasteiger partial charge in [-0.15, -0.1) is 0 Å². The number of halogens is 1. The molecule has 6 rings (SSSR count). The standard InChI is InChI=1S/C22H21FN6O8/c1-8-6-28-14-10(4-22(16(28)9(2)35-8)18(30)25-20(32)26-19(22)31)3-12-15(13(14)23)37-27-17(12)29-7-11(5-24-34)36-21(29)33/h3,5,8-9,11,16,34H,4,6-7H2,1-2H3,(H2,25,26,30,31,32)/b24-5-/t8-,9+,11+,16-/m1/s1. The number of aromatic nitrogens is 1. The molecule has 3 fully saturated rings. The number of hydrogen-bond acceptors (Lipinski definition) is 11. The SMILES string of the molecule is C[C@@H]1CN2c3c(cc4c(N5C[C@H](/C=N\O)OC5=O)noc4c3F)CC3(C(=O)NC(=O)NC3=O)[C@H]2[C@H](C)O1. The number of morpholine rings is 1. The molecule has 5 heterocycles. The highest BCUT2D eigenvalue weighted by Crippen LogP contribution is 2.49. The first-order valence-corrected chi connectivity index (χ1v) is 11.5. The summed E-state index contributed by atoms with van der Waals surface area (Å²) in [4.78, 5) is 53.6. The van der Waals surface area contributed by atoms with Crippen LogP contribution in [0.4, 0.5) is 25.5 Å². The molecular formula is C22H21FN6O8. The maximum Gasteiger partial charge on any atom is 0.416 e. The number of carbonyl (C=O) groups is 4. The Labute approximate surface area is 207 Å². The number of benzene rings is 1. The minimum absolute atomic E-state index is 0.0387. The number of hydrogen-bond donors (Lipinski definition) is 3. The Bertz CT molecular complexity index is 1390. The van der Waals surface area contributed by atoms with Gasteiger partial charge in [0, 0.05) is 13.0 Å². The Morgan fingerprint density at radius 2 is 1.95 bits per heavy atom. The third-order valence-corrected chi connectivity index (χ3v) is 7.27. The Kier molecular flexibility index (Phi) is 4.92. The van der Waals surface area contributed by atoms with Crippen LogP contribution in [0.5, 0.6) is 0 Å². The molecule has 4 aliphatic heterocycles. The van der Waals surface area contributed by atoms with E-state index in [4.69, 9.17) is 19.2 Å². The van der Waals surface area contributed by atoms with Gasteiger partial charge in [-0.2, -0.15) is 0 Å². The van der Waals surface area contributed by atoms with Gasteiger partial charge in [0.25, 0.3) is 0 Å². The average Bonchev–Trinajstić information content (AvgIpc) is 3.40. The number of ether oxygens (including phenoxy) is 2. The van der Waals surface area contributed by atoms with E-state index in [0.29, 0.717) is 0 Å².